The molecule has 1 aliphatic rings. The summed E-state index contributed by atoms with van der Waals surface area (Å²) in [5.74, 6) is 0.0155. The molecule has 0 radical (unpaired) electrons. The van der Waals surface area contributed by atoms with Crippen molar-refractivity contribution in [1.29, 1.82) is 0 Å². The summed E-state index contributed by atoms with van der Waals surface area (Å²) in [6.45, 7) is 0.732. The lowest BCUT2D eigenvalue weighted by molar-refractivity contribution is -0.127. The van der Waals surface area contributed by atoms with Crippen molar-refractivity contribution in [2.24, 2.45) is 7.05 Å². The molecule has 1 fully saturated rings. The van der Waals surface area contributed by atoms with Gasteiger partial charge in [0.2, 0.25) is 21.1 Å². The van der Waals surface area contributed by atoms with Gasteiger partial charge in [-0.1, -0.05) is 30.0 Å². The Bertz CT molecular complexity index is 823. The fraction of sp³-hybridized carbons (Fsp3) is 0.385. The predicted octanol–water partition coefficient (Wildman–Crippen LogP) is -0.207. The zero-order chi connectivity index (χ0) is 17.2. The molecule has 0 aliphatic carbocycles. The SMILES string of the molecule is Cn1nnnc1SCC(=O)N1CCN(S(=O)(=O)c2ccccc2)C1. The van der Waals surface area contributed by atoms with Gasteiger partial charge in [-0.3, -0.25) is 4.79 Å². The van der Waals surface area contributed by atoms with Crippen LogP contribution in [-0.4, -0.2) is 69.2 Å². The van der Waals surface area contributed by atoms with E-state index < -0.39 is 10.0 Å². The van der Waals surface area contributed by atoms with Crippen molar-refractivity contribution in [3.63, 3.8) is 0 Å². The van der Waals surface area contributed by atoms with Crippen LogP contribution < -0.4 is 0 Å². The third-order valence-corrected chi connectivity index (χ3v) is 6.43. The van der Waals surface area contributed by atoms with Crippen LogP contribution in [0.25, 0.3) is 0 Å². The highest BCUT2D eigenvalue weighted by Crippen LogP contribution is 2.20. The van der Waals surface area contributed by atoms with Gasteiger partial charge < -0.3 is 4.90 Å². The topological polar surface area (TPSA) is 101 Å². The van der Waals surface area contributed by atoms with E-state index in [2.05, 4.69) is 15.5 Å². The molecule has 128 valence electrons. The molecule has 1 amide bonds. The number of aryl methyl sites for hydroxylation is 1. The highest BCUT2D eigenvalue weighted by molar-refractivity contribution is 7.99. The highest BCUT2D eigenvalue weighted by Gasteiger charge is 2.33. The van der Waals surface area contributed by atoms with Crippen molar-refractivity contribution in [1.82, 2.24) is 29.4 Å². The lowest BCUT2D eigenvalue weighted by atomic mass is 10.4. The van der Waals surface area contributed by atoms with Crippen molar-refractivity contribution >= 4 is 27.7 Å². The average molecular weight is 368 g/mol. The van der Waals surface area contributed by atoms with E-state index in [1.807, 2.05) is 0 Å². The van der Waals surface area contributed by atoms with E-state index in [0.29, 0.717) is 18.2 Å². The summed E-state index contributed by atoms with van der Waals surface area (Å²) < 4.78 is 27.9. The molecule has 9 nitrogen and oxygen atoms in total. The summed E-state index contributed by atoms with van der Waals surface area (Å²) in [4.78, 5) is 14.0. The van der Waals surface area contributed by atoms with Crippen LogP contribution in [0.4, 0.5) is 0 Å². The third kappa shape index (κ3) is 3.42. The average Bonchev–Trinajstić information content (AvgIpc) is 3.23. The van der Waals surface area contributed by atoms with Crippen LogP contribution in [0.2, 0.25) is 0 Å². The van der Waals surface area contributed by atoms with Crippen LogP contribution in [0, 0.1) is 0 Å². The first kappa shape index (κ1) is 16.9. The number of nitrogens with zero attached hydrogens (tertiary/aromatic N) is 6. The number of amides is 1. The number of carbonyl (C=O) groups excluding carboxylic acids is 1. The lowest BCUT2D eigenvalue weighted by Gasteiger charge is -2.18. The Labute approximate surface area is 143 Å². The maximum Gasteiger partial charge on any atom is 0.244 e. The fourth-order valence-corrected chi connectivity index (χ4v) is 4.43. The molecule has 2 aromatic rings. The minimum Gasteiger partial charge on any atom is -0.327 e. The van der Waals surface area contributed by atoms with E-state index in [-0.39, 0.29) is 23.2 Å². The number of thioether (sulfide) groups is 1. The van der Waals surface area contributed by atoms with Gasteiger partial charge in [0, 0.05) is 20.1 Å². The van der Waals surface area contributed by atoms with E-state index in [1.54, 1.807) is 37.4 Å². The second-order valence-electron chi connectivity index (χ2n) is 5.17. The molecule has 0 bridgehead atoms. The number of hydrogen-bond donors (Lipinski definition) is 0. The Morgan fingerprint density at radius 2 is 2.00 bits per heavy atom. The summed E-state index contributed by atoms with van der Waals surface area (Å²) in [7, 11) is -1.88. The van der Waals surface area contributed by atoms with Gasteiger partial charge in [-0.2, -0.15) is 4.31 Å². The van der Waals surface area contributed by atoms with Crippen LogP contribution in [0.15, 0.2) is 40.4 Å². The summed E-state index contributed by atoms with van der Waals surface area (Å²) in [6, 6.07) is 8.22. The molecule has 1 saturated heterocycles. The molecular weight excluding hydrogens is 352 g/mol. The molecule has 24 heavy (non-hydrogen) atoms. The Morgan fingerprint density at radius 3 is 2.67 bits per heavy atom. The van der Waals surface area contributed by atoms with Gasteiger partial charge in [-0.05, 0) is 22.6 Å². The van der Waals surface area contributed by atoms with Crippen molar-refractivity contribution in [3.8, 4) is 0 Å². The predicted molar refractivity (Wildman–Crippen MR) is 86.4 cm³/mol. The summed E-state index contributed by atoms with van der Waals surface area (Å²) in [5.41, 5.74) is 0. The van der Waals surface area contributed by atoms with E-state index in [4.69, 9.17) is 0 Å². The maximum atomic E-state index is 12.5. The molecule has 11 heteroatoms. The van der Waals surface area contributed by atoms with E-state index in [0.717, 1.165) is 0 Å². The van der Waals surface area contributed by atoms with Gasteiger partial charge >= 0.3 is 0 Å². The molecule has 1 aromatic heterocycles. The molecule has 2 heterocycles. The quantitative estimate of drug-likeness (QED) is 0.673. The fourth-order valence-electron chi connectivity index (χ4n) is 2.27. The van der Waals surface area contributed by atoms with Gasteiger partial charge in [0.15, 0.2) is 0 Å². The number of aromatic nitrogens is 4. The monoisotopic (exact) mass is 368 g/mol. The van der Waals surface area contributed by atoms with Crippen LogP contribution >= 0.6 is 11.8 Å². The molecule has 1 aromatic carbocycles. The maximum absolute atomic E-state index is 12.5. The molecule has 0 N–H and O–H groups in total. The Hall–Kier alpha value is -1.98. The number of tetrazole rings is 1. The Balaban J connectivity index is 1.61. The molecule has 0 spiro atoms. The summed E-state index contributed by atoms with van der Waals surface area (Å²) in [6.07, 6.45) is 0. The second-order valence-corrected chi connectivity index (χ2v) is 8.05. The number of benzene rings is 1. The standard InChI is InChI=1S/C13H16N6O3S2/c1-17-13(14-15-16-17)23-9-12(20)18-7-8-19(10-18)24(21,22)11-5-3-2-4-6-11/h2-6H,7-10H2,1H3. The van der Waals surface area contributed by atoms with Gasteiger partial charge in [0.05, 0.1) is 17.3 Å². The number of hydrogen-bond acceptors (Lipinski definition) is 7. The Morgan fingerprint density at radius 1 is 1.25 bits per heavy atom. The third-order valence-electron chi connectivity index (χ3n) is 3.59. The number of carbonyl (C=O) groups is 1. The van der Waals surface area contributed by atoms with Crippen molar-refractivity contribution in [2.75, 3.05) is 25.5 Å². The lowest BCUT2D eigenvalue weighted by Crippen LogP contribution is -2.34. The minimum absolute atomic E-state index is 0.0632. The van der Waals surface area contributed by atoms with Crippen LogP contribution in [-0.2, 0) is 21.9 Å². The highest BCUT2D eigenvalue weighted by atomic mass is 32.2. The Kier molecular flexibility index (Phi) is 4.83. The first-order valence-electron chi connectivity index (χ1n) is 7.16. The molecule has 0 saturated carbocycles. The zero-order valence-electron chi connectivity index (χ0n) is 12.9. The van der Waals surface area contributed by atoms with Crippen molar-refractivity contribution < 1.29 is 13.2 Å². The van der Waals surface area contributed by atoms with Crippen LogP contribution in [0.5, 0.6) is 0 Å². The molecule has 1 aliphatic heterocycles. The van der Waals surface area contributed by atoms with Gasteiger partial charge in [-0.15, -0.1) is 5.10 Å². The molecular formula is C13H16N6O3S2. The van der Waals surface area contributed by atoms with E-state index >= 15 is 0 Å². The van der Waals surface area contributed by atoms with Gasteiger partial charge in [0.1, 0.15) is 0 Å². The minimum atomic E-state index is -3.57. The number of rotatable bonds is 5. The van der Waals surface area contributed by atoms with Gasteiger partial charge in [-0.25, -0.2) is 13.1 Å². The van der Waals surface area contributed by atoms with Crippen molar-refractivity contribution in [2.45, 2.75) is 10.1 Å². The smallest absolute Gasteiger partial charge is 0.244 e. The van der Waals surface area contributed by atoms with Crippen LogP contribution in [0.3, 0.4) is 0 Å². The molecule has 0 unspecified atom stereocenters. The van der Waals surface area contributed by atoms with Gasteiger partial charge in [0.25, 0.3) is 0 Å². The number of sulfonamides is 1. The van der Waals surface area contributed by atoms with E-state index in [9.17, 15) is 13.2 Å². The first-order chi connectivity index (χ1) is 11.5. The zero-order valence-corrected chi connectivity index (χ0v) is 14.6. The van der Waals surface area contributed by atoms with Crippen molar-refractivity contribution in [3.05, 3.63) is 30.3 Å². The van der Waals surface area contributed by atoms with E-state index in [1.165, 1.54) is 25.6 Å². The summed E-state index contributed by atoms with van der Waals surface area (Å²) >= 11 is 1.22. The molecule has 0 atom stereocenters. The van der Waals surface area contributed by atoms with Crippen LogP contribution in [0.1, 0.15) is 0 Å². The molecule has 3 rings (SSSR count). The second kappa shape index (κ2) is 6.87. The normalized spacial score (nSPS) is 15.8. The largest absolute Gasteiger partial charge is 0.327 e. The summed E-state index contributed by atoms with van der Waals surface area (Å²) in [5, 5.41) is 11.5. The first-order valence-corrected chi connectivity index (χ1v) is 9.59.